The molecule has 2 nitrogen and oxygen atoms in total. The van der Waals surface area contributed by atoms with Crippen molar-refractivity contribution in [3.8, 4) is 0 Å². The average Bonchev–Trinajstić information content (AvgIpc) is 2.55. The molecule has 0 aromatic heterocycles. The summed E-state index contributed by atoms with van der Waals surface area (Å²) in [4.78, 5) is 0. The Labute approximate surface area is 80.3 Å². The zero-order valence-electron chi connectivity index (χ0n) is 8.24. The van der Waals surface area contributed by atoms with Crippen LogP contribution < -0.4 is 0 Å². The Morgan fingerprint density at radius 1 is 1.23 bits per heavy atom. The minimum atomic E-state index is 0.390. The van der Waals surface area contributed by atoms with Crippen LogP contribution in [-0.4, -0.2) is 24.9 Å². The van der Waals surface area contributed by atoms with Crippen molar-refractivity contribution in [2.75, 3.05) is 19.8 Å². The molecule has 0 spiro atoms. The lowest BCUT2D eigenvalue weighted by molar-refractivity contribution is -0.0502. The van der Waals surface area contributed by atoms with E-state index in [1.54, 1.807) is 0 Å². The molecule has 2 heteroatoms. The normalized spacial score (nSPS) is 27.5. The van der Waals surface area contributed by atoms with Crippen LogP contribution in [0.15, 0.2) is 0 Å². The monoisotopic (exact) mass is 184 g/mol. The van der Waals surface area contributed by atoms with Crippen LogP contribution in [0, 0.1) is 17.8 Å². The first kappa shape index (κ1) is 9.47. The van der Waals surface area contributed by atoms with Crippen LogP contribution in [0.3, 0.4) is 0 Å². The van der Waals surface area contributed by atoms with E-state index < -0.39 is 0 Å². The van der Waals surface area contributed by atoms with Crippen molar-refractivity contribution in [1.29, 1.82) is 0 Å². The van der Waals surface area contributed by atoms with E-state index in [4.69, 9.17) is 4.74 Å². The van der Waals surface area contributed by atoms with E-state index in [1.807, 2.05) is 0 Å². The summed E-state index contributed by atoms with van der Waals surface area (Å²) in [5.74, 6) is 2.12. The molecule has 1 aliphatic carbocycles. The molecule has 1 saturated heterocycles. The third-order valence-electron chi connectivity index (χ3n) is 3.64. The van der Waals surface area contributed by atoms with Crippen LogP contribution in [0.25, 0.3) is 0 Å². The number of hydrogen-bond acceptors (Lipinski definition) is 2. The van der Waals surface area contributed by atoms with Gasteiger partial charge < -0.3 is 9.84 Å². The largest absolute Gasteiger partial charge is 0.396 e. The summed E-state index contributed by atoms with van der Waals surface area (Å²) in [6.45, 7) is 2.26. The Morgan fingerprint density at radius 3 is 2.38 bits per heavy atom. The number of aliphatic hydroxyl groups excluding tert-OH is 1. The topological polar surface area (TPSA) is 29.5 Å². The first-order valence-electron chi connectivity index (χ1n) is 5.58. The Kier molecular flexibility index (Phi) is 3.23. The van der Waals surface area contributed by atoms with Gasteiger partial charge in [0.2, 0.25) is 0 Å². The van der Waals surface area contributed by atoms with Gasteiger partial charge in [-0.05, 0) is 18.3 Å². The van der Waals surface area contributed by atoms with Gasteiger partial charge >= 0.3 is 0 Å². The molecule has 1 atom stereocenters. The summed E-state index contributed by atoms with van der Waals surface area (Å²) in [6, 6.07) is 0. The second-order valence-electron chi connectivity index (χ2n) is 4.63. The minimum absolute atomic E-state index is 0.390. The standard InChI is InChI=1S/C11H20O2/c12-6-11(5-9-7-13-8-9)10-3-1-2-4-10/h9-12H,1-8H2. The fraction of sp³-hybridized carbons (Fsp3) is 1.00. The highest BCUT2D eigenvalue weighted by molar-refractivity contribution is 4.79. The molecule has 1 aliphatic heterocycles. The Balaban J connectivity index is 1.77. The molecule has 2 fully saturated rings. The van der Waals surface area contributed by atoms with Crippen LogP contribution in [0.1, 0.15) is 32.1 Å². The van der Waals surface area contributed by atoms with Crippen molar-refractivity contribution in [3.05, 3.63) is 0 Å². The van der Waals surface area contributed by atoms with Gasteiger partial charge in [0.25, 0.3) is 0 Å². The second-order valence-corrected chi connectivity index (χ2v) is 4.63. The van der Waals surface area contributed by atoms with Crippen molar-refractivity contribution < 1.29 is 9.84 Å². The third-order valence-corrected chi connectivity index (χ3v) is 3.64. The van der Waals surface area contributed by atoms with Gasteiger partial charge in [-0.25, -0.2) is 0 Å². The van der Waals surface area contributed by atoms with Crippen LogP contribution in [0.5, 0.6) is 0 Å². The molecule has 0 amide bonds. The van der Waals surface area contributed by atoms with Crippen molar-refractivity contribution in [2.24, 2.45) is 17.8 Å². The highest BCUT2D eigenvalue weighted by atomic mass is 16.5. The number of rotatable bonds is 4. The fourth-order valence-electron chi connectivity index (χ4n) is 2.69. The van der Waals surface area contributed by atoms with Gasteiger partial charge in [0, 0.05) is 12.5 Å². The van der Waals surface area contributed by atoms with Crippen LogP contribution >= 0.6 is 0 Å². The highest BCUT2D eigenvalue weighted by Gasteiger charge is 2.29. The molecule has 2 rings (SSSR count). The maximum atomic E-state index is 9.31. The first-order chi connectivity index (χ1) is 6.40. The second kappa shape index (κ2) is 4.43. The van der Waals surface area contributed by atoms with E-state index in [9.17, 15) is 5.11 Å². The Bertz CT molecular complexity index is 148. The van der Waals surface area contributed by atoms with Crippen molar-refractivity contribution in [1.82, 2.24) is 0 Å². The molecule has 0 aromatic rings. The fourth-order valence-corrected chi connectivity index (χ4v) is 2.69. The lowest BCUT2D eigenvalue weighted by Gasteiger charge is -2.31. The quantitative estimate of drug-likeness (QED) is 0.722. The third kappa shape index (κ3) is 2.23. The first-order valence-corrected chi connectivity index (χ1v) is 5.58. The van der Waals surface area contributed by atoms with E-state index in [1.165, 1.54) is 32.1 Å². The number of ether oxygens (including phenoxy) is 1. The zero-order valence-corrected chi connectivity index (χ0v) is 8.24. The molecule has 0 radical (unpaired) electrons. The molecule has 1 unspecified atom stereocenters. The minimum Gasteiger partial charge on any atom is -0.396 e. The molecule has 13 heavy (non-hydrogen) atoms. The zero-order chi connectivity index (χ0) is 9.10. The summed E-state index contributed by atoms with van der Waals surface area (Å²) >= 11 is 0. The number of aliphatic hydroxyl groups is 1. The number of hydrogen-bond donors (Lipinski definition) is 1. The summed E-state index contributed by atoms with van der Waals surface area (Å²) in [7, 11) is 0. The molecule has 1 saturated carbocycles. The molecule has 76 valence electrons. The summed E-state index contributed by atoms with van der Waals surface area (Å²) in [5.41, 5.74) is 0. The molecule has 0 bridgehead atoms. The van der Waals surface area contributed by atoms with Crippen LogP contribution in [0.2, 0.25) is 0 Å². The molecular formula is C11H20O2. The lowest BCUT2D eigenvalue weighted by Crippen LogP contribution is -2.32. The molecule has 1 heterocycles. The molecule has 2 aliphatic rings. The van der Waals surface area contributed by atoms with E-state index in [-0.39, 0.29) is 0 Å². The maximum absolute atomic E-state index is 9.31. The SMILES string of the molecule is OCC(CC1COC1)C1CCCC1. The van der Waals surface area contributed by atoms with E-state index in [0.29, 0.717) is 12.5 Å². The Hall–Kier alpha value is -0.0800. The van der Waals surface area contributed by atoms with Gasteiger partial charge in [-0.3, -0.25) is 0 Å². The average molecular weight is 184 g/mol. The van der Waals surface area contributed by atoms with Crippen molar-refractivity contribution in [2.45, 2.75) is 32.1 Å². The highest BCUT2D eigenvalue weighted by Crippen LogP contribution is 2.35. The van der Waals surface area contributed by atoms with Crippen molar-refractivity contribution >= 4 is 0 Å². The molecular weight excluding hydrogens is 164 g/mol. The Morgan fingerprint density at radius 2 is 1.92 bits per heavy atom. The summed E-state index contributed by atoms with van der Waals surface area (Å²) < 4.78 is 5.16. The van der Waals surface area contributed by atoms with Gasteiger partial charge in [-0.2, -0.15) is 0 Å². The van der Waals surface area contributed by atoms with Gasteiger partial charge in [0.1, 0.15) is 0 Å². The maximum Gasteiger partial charge on any atom is 0.0516 e. The van der Waals surface area contributed by atoms with Crippen molar-refractivity contribution in [3.63, 3.8) is 0 Å². The van der Waals surface area contributed by atoms with Crippen LogP contribution in [-0.2, 0) is 4.74 Å². The van der Waals surface area contributed by atoms with Gasteiger partial charge in [-0.1, -0.05) is 25.7 Å². The molecule has 1 N–H and O–H groups in total. The van der Waals surface area contributed by atoms with E-state index in [2.05, 4.69) is 0 Å². The van der Waals surface area contributed by atoms with E-state index in [0.717, 1.165) is 25.0 Å². The molecule has 0 aromatic carbocycles. The van der Waals surface area contributed by atoms with E-state index >= 15 is 0 Å². The summed E-state index contributed by atoms with van der Waals surface area (Å²) in [6.07, 6.45) is 6.64. The summed E-state index contributed by atoms with van der Waals surface area (Å²) in [5, 5.41) is 9.31. The van der Waals surface area contributed by atoms with Gasteiger partial charge in [-0.15, -0.1) is 0 Å². The predicted octanol–water partition coefficient (Wildman–Crippen LogP) is 1.82. The predicted molar refractivity (Wildman–Crippen MR) is 51.5 cm³/mol. The van der Waals surface area contributed by atoms with Gasteiger partial charge in [0.15, 0.2) is 0 Å². The van der Waals surface area contributed by atoms with Crippen LogP contribution in [0.4, 0.5) is 0 Å². The smallest absolute Gasteiger partial charge is 0.0516 e. The lowest BCUT2D eigenvalue weighted by atomic mass is 9.83. The van der Waals surface area contributed by atoms with Gasteiger partial charge in [0.05, 0.1) is 13.2 Å².